The van der Waals surface area contributed by atoms with Gasteiger partial charge in [-0.2, -0.15) is 0 Å². The number of ether oxygens (including phenoxy) is 3. The van der Waals surface area contributed by atoms with Crippen LogP contribution >= 0.6 is 0 Å². The molecule has 6 heteroatoms. The van der Waals surface area contributed by atoms with Gasteiger partial charge in [0.05, 0.1) is 18.8 Å². The molecule has 0 saturated heterocycles. The van der Waals surface area contributed by atoms with Crippen LogP contribution in [0.15, 0.2) is 42.5 Å². The van der Waals surface area contributed by atoms with E-state index in [-0.39, 0.29) is 18.4 Å². The Morgan fingerprint density at radius 1 is 1.17 bits per heavy atom. The van der Waals surface area contributed by atoms with Crippen LogP contribution in [-0.4, -0.2) is 51.8 Å². The number of nitrogens with zero attached hydrogens (tertiary/aromatic N) is 1. The second-order valence-corrected chi connectivity index (χ2v) is 7.53. The van der Waals surface area contributed by atoms with Gasteiger partial charge in [0.1, 0.15) is 18.0 Å². The summed E-state index contributed by atoms with van der Waals surface area (Å²) in [6.07, 6.45) is 1.69. The molecule has 0 bridgehead atoms. The van der Waals surface area contributed by atoms with E-state index in [1.807, 2.05) is 26.2 Å². The third-order valence-corrected chi connectivity index (χ3v) is 5.22. The first-order chi connectivity index (χ1) is 14.0. The summed E-state index contributed by atoms with van der Waals surface area (Å²) in [5.41, 5.74) is 2.76. The van der Waals surface area contributed by atoms with Gasteiger partial charge in [-0.3, -0.25) is 0 Å². The van der Waals surface area contributed by atoms with Crippen LogP contribution in [0.1, 0.15) is 39.9 Å². The van der Waals surface area contributed by atoms with Gasteiger partial charge < -0.3 is 19.1 Å². The second kappa shape index (κ2) is 9.48. The molecule has 0 amide bonds. The molecule has 0 spiro atoms. The smallest absolute Gasteiger partial charge is 0.338 e. The third-order valence-electron chi connectivity index (χ3n) is 5.22. The van der Waals surface area contributed by atoms with Gasteiger partial charge in [0.2, 0.25) is 0 Å². The highest BCUT2D eigenvalue weighted by atomic mass is 19.1. The van der Waals surface area contributed by atoms with E-state index in [0.717, 1.165) is 36.1 Å². The number of esters is 1. The van der Waals surface area contributed by atoms with Crippen molar-refractivity contribution in [1.29, 1.82) is 0 Å². The number of hydrogen-bond donors (Lipinski definition) is 0. The normalized spacial score (nSPS) is 18.1. The van der Waals surface area contributed by atoms with Crippen molar-refractivity contribution in [1.82, 2.24) is 4.90 Å². The Labute approximate surface area is 171 Å². The molecule has 1 atom stereocenters. The summed E-state index contributed by atoms with van der Waals surface area (Å²) < 4.78 is 30.0. The maximum Gasteiger partial charge on any atom is 0.338 e. The highest BCUT2D eigenvalue weighted by molar-refractivity contribution is 5.89. The predicted molar refractivity (Wildman–Crippen MR) is 108 cm³/mol. The molecule has 5 nitrogen and oxygen atoms in total. The van der Waals surface area contributed by atoms with Crippen molar-refractivity contribution < 1.29 is 23.4 Å². The number of halogens is 1. The van der Waals surface area contributed by atoms with Crippen LogP contribution < -0.4 is 0 Å². The fourth-order valence-corrected chi connectivity index (χ4v) is 3.77. The highest BCUT2D eigenvalue weighted by Gasteiger charge is 2.41. The molecule has 0 N–H and O–H groups in total. The predicted octanol–water partition coefficient (Wildman–Crippen LogP) is 3.74. The highest BCUT2D eigenvalue weighted by Crippen LogP contribution is 2.45. The Hall–Kier alpha value is -2.28. The molecular formula is C23H28FNO4. The van der Waals surface area contributed by atoms with E-state index < -0.39 is 5.60 Å². The Morgan fingerprint density at radius 3 is 2.62 bits per heavy atom. The molecule has 2 aromatic carbocycles. The first kappa shape index (κ1) is 21.4. The van der Waals surface area contributed by atoms with Crippen LogP contribution in [0.2, 0.25) is 0 Å². The maximum atomic E-state index is 13.5. The van der Waals surface area contributed by atoms with Crippen molar-refractivity contribution in [2.45, 2.75) is 25.0 Å². The quantitative estimate of drug-likeness (QED) is 0.473. The van der Waals surface area contributed by atoms with Gasteiger partial charge in [0.25, 0.3) is 0 Å². The van der Waals surface area contributed by atoms with Gasteiger partial charge in [-0.25, -0.2) is 9.18 Å². The summed E-state index contributed by atoms with van der Waals surface area (Å²) in [5, 5.41) is 0. The zero-order chi connectivity index (χ0) is 20.9. The van der Waals surface area contributed by atoms with Gasteiger partial charge >= 0.3 is 5.97 Å². The van der Waals surface area contributed by atoms with Gasteiger partial charge in [0.15, 0.2) is 0 Å². The minimum Gasteiger partial charge on any atom is -0.460 e. The lowest BCUT2D eigenvalue weighted by Crippen LogP contribution is -2.28. The molecule has 29 heavy (non-hydrogen) atoms. The van der Waals surface area contributed by atoms with Crippen LogP contribution in [0.3, 0.4) is 0 Å². The standard InChI is InChI=1S/C23H28FNO4/c1-25(2)12-4-11-23(19-6-8-20(24)9-7-19)21-10-5-17(15-18(21)16-29-23)22(26)28-14-13-27-3/h5-10,15H,4,11-14,16H2,1-3H3/t23-/m0/s1. The summed E-state index contributed by atoms with van der Waals surface area (Å²) in [4.78, 5) is 14.4. The topological polar surface area (TPSA) is 48.0 Å². The average molecular weight is 401 g/mol. The number of carbonyl (C=O) groups is 1. The van der Waals surface area contributed by atoms with Crippen molar-refractivity contribution in [2.75, 3.05) is 41.0 Å². The van der Waals surface area contributed by atoms with Crippen LogP contribution in [0.25, 0.3) is 0 Å². The van der Waals surface area contributed by atoms with Crippen molar-refractivity contribution in [3.8, 4) is 0 Å². The minimum absolute atomic E-state index is 0.215. The Balaban J connectivity index is 1.90. The maximum absolute atomic E-state index is 13.5. The molecule has 0 aromatic heterocycles. The Morgan fingerprint density at radius 2 is 1.93 bits per heavy atom. The number of benzene rings is 2. The molecule has 1 aliphatic heterocycles. The lowest BCUT2D eigenvalue weighted by molar-refractivity contribution is -0.0140. The minimum atomic E-state index is -0.641. The Kier molecular flexibility index (Phi) is 7.00. The van der Waals surface area contributed by atoms with E-state index >= 15 is 0 Å². The monoisotopic (exact) mass is 401 g/mol. The van der Waals surface area contributed by atoms with E-state index in [9.17, 15) is 9.18 Å². The van der Waals surface area contributed by atoms with Crippen LogP contribution in [0, 0.1) is 5.82 Å². The zero-order valence-corrected chi connectivity index (χ0v) is 17.2. The van der Waals surface area contributed by atoms with Crippen molar-refractivity contribution in [3.05, 3.63) is 70.5 Å². The summed E-state index contributed by atoms with van der Waals surface area (Å²) in [6, 6.07) is 12.0. The number of carbonyl (C=O) groups excluding carboxylic acids is 1. The first-order valence-corrected chi connectivity index (χ1v) is 9.80. The summed E-state index contributed by atoms with van der Waals surface area (Å²) in [6.45, 7) is 1.89. The number of fused-ring (bicyclic) bond motifs is 1. The Bertz CT molecular complexity index is 837. The van der Waals surface area contributed by atoms with E-state index in [0.29, 0.717) is 18.8 Å². The molecule has 1 aliphatic rings. The molecule has 0 aliphatic carbocycles. The van der Waals surface area contributed by atoms with E-state index in [1.165, 1.54) is 12.1 Å². The van der Waals surface area contributed by atoms with E-state index in [2.05, 4.69) is 4.90 Å². The molecule has 2 aromatic rings. The van der Waals surface area contributed by atoms with Crippen molar-refractivity contribution in [2.24, 2.45) is 0 Å². The fraction of sp³-hybridized carbons (Fsp3) is 0.435. The lowest BCUT2D eigenvalue weighted by atomic mass is 9.81. The molecular weight excluding hydrogens is 373 g/mol. The molecule has 1 heterocycles. The lowest BCUT2D eigenvalue weighted by Gasteiger charge is -2.31. The van der Waals surface area contributed by atoms with E-state index in [4.69, 9.17) is 14.2 Å². The van der Waals surface area contributed by atoms with Crippen LogP contribution in [-0.2, 0) is 26.4 Å². The molecule has 0 radical (unpaired) electrons. The third kappa shape index (κ3) is 4.83. The summed E-state index contributed by atoms with van der Waals surface area (Å²) in [5.74, 6) is -0.652. The molecule has 0 saturated carbocycles. The summed E-state index contributed by atoms with van der Waals surface area (Å²) >= 11 is 0. The molecule has 156 valence electrons. The number of methoxy groups -OCH3 is 1. The van der Waals surface area contributed by atoms with Crippen LogP contribution in [0.5, 0.6) is 0 Å². The fourth-order valence-electron chi connectivity index (χ4n) is 3.77. The number of rotatable bonds is 9. The van der Waals surface area contributed by atoms with Crippen LogP contribution in [0.4, 0.5) is 4.39 Å². The SMILES string of the molecule is COCCOC(=O)c1ccc2c(c1)CO[C@@]2(CCCN(C)C)c1ccc(F)cc1. The molecule has 0 fully saturated rings. The van der Waals surface area contributed by atoms with Gasteiger partial charge in [-0.15, -0.1) is 0 Å². The zero-order valence-electron chi connectivity index (χ0n) is 17.2. The van der Waals surface area contributed by atoms with Gasteiger partial charge in [-0.05, 0) is 74.4 Å². The molecule has 0 unspecified atom stereocenters. The largest absolute Gasteiger partial charge is 0.460 e. The summed E-state index contributed by atoms with van der Waals surface area (Å²) in [7, 11) is 5.64. The van der Waals surface area contributed by atoms with E-state index in [1.54, 1.807) is 25.3 Å². The first-order valence-electron chi connectivity index (χ1n) is 9.80. The van der Waals surface area contributed by atoms with Crippen molar-refractivity contribution in [3.63, 3.8) is 0 Å². The van der Waals surface area contributed by atoms with Crippen molar-refractivity contribution >= 4 is 5.97 Å². The molecule has 3 rings (SSSR count). The van der Waals surface area contributed by atoms with Gasteiger partial charge in [-0.1, -0.05) is 18.2 Å². The number of hydrogen-bond acceptors (Lipinski definition) is 5. The second-order valence-electron chi connectivity index (χ2n) is 7.53. The average Bonchev–Trinajstić information content (AvgIpc) is 3.07. The van der Waals surface area contributed by atoms with Gasteiger partial charge in [0, 0.05) is 7.11 Å².